The van der Waals surface area contributed by atoms with Crippen LogP contribution in [0.3, 0.4) is 0 Å². The second-order valence-corrected chi connectivity index (χ2v) is 10.8. The first-order valence-corrected chi connectivity index (χ1v) is 12.5. The van der Waals surface area contributed by atoms with Crippen LogP contribution in [0.15, 0.2) is 24.3 Å². The quantitative estimate of drug-likeness (QED) is 0.481. The first kappa shape index (κ1) is 27.7. The Balaban J connectivity index is 2.45. The molecule has 190 valence electrons. The third-order valence-corrected chi connectivity index (χ3v) is 6.12. The second kappa shape index (κ2) is 11.7. The lowest BCUT2D eigenvalue weighted by molar-refractivity contribution is -0.144. The van der Waals surface area contributed by atoms with Crippen molar-refractivity contribution in [3.8, 4) is 0 Å². The minimum atomic E-state index is -0.808. The van der Waals surface area contributed by atoms with Gasteiger partial charge in [0.1, 0.15) is 17.7 Å². The van der Waals surface area contributed by atoms with Crippen molar-refractivity contribution in [2.75, 3.05) is 6.54 Å². The number of carbonyl (C=O) groups is 3. The Labute approximate surface area is 205 Å². The molecule has 4 unspecified atom stereocenters. The molecule has 1 aliphatic carbocycles. The van der Waals surface area contributed by atoms with Crippen molar-refractivity contribution in [2.45, 2.75) is 98.4 Å². The average Bonchev–Trinajstić information content (AvgIpc) is 3.44. The van der Waals surface area contributed by atoms with Gasteiger partial charge in [-0.15, -0.1) is 0 Å². The molecule has 2 rings (SSSR count). The monoisotopic (exact) mass is 473 g/mol. The summed E-state index contributed by atoms with van der Waals surface area (Å²) in [5.41, 5.74) is 1.08. The summed E-state index contributed by atoms with van der Waals surface area (Å²) in [5.74, 6) is -0.338. The van der Waals surface area contributed by atoms with Gasteiger partial charge in [-0.1, -0.05) is 58.4 Å². The topological polar surface area (TPSA) is 87.7 Å². The number of nitrogens with one attached hydrogen (secondary N) is 2. The molecule has 1 aliphatic rings. The molecule has 0 heterocycles. The highest BCUT2D eigenvalue weighted by molar-refractivity contribution is 5.93. The van der Waals surface area contributed by atoms with E-state index in [1.54, 1.807) is 25.7 Å². The molecule has 2 N–H and O–H groups in total. The lowest BCUT2D eigenvalue weighted by atomic mass is 9.96. The molecule has 34 heavy (non-hydrogen) atoms. The van der Waals surface area contributed by atoms with Crippen LogP contribution in [0.25, 0.3) is 0 Å². The van der Waals surface area contributed by atoms with E-state index >= 15 is 0 Å². The zero-order valence-electron chi connectivity index (χ0n) is 22.1. The Morgan fingerprint density at radius 1 is 1.18 bits per heavy atom. The van der Waals surface area contributed by atoms with Crippen molar-refractivity contribution in [1.82, 2.24) is 15.5 Å². The number of carbonyl (C=O) groups excluding carboxylic acids is 3. The Bertz CT molecular complexity index is 862. The van der Waals surface area contributed by atoms with Crippen molar-refractivity contribution in [2.24, 2.45) is 11.8 Å². The van der Waals surface area contributed by atoms with Crippen molar-refractivity contribution >= 4 is 17.9 Å². The maximum absolute atomic E-state index is 14.0. The fraction of sp³-hybridized carbons (Fsp3) is 0.667. The van der Waals surface area contributed by atoms with Crippen LogP contribution in [0.2, 0.25) is 0 Å². The lowest BCUT2D eigenvalue weighted by Gasteiger charge is -2.36. The van der Waals surface area contributed by atoms with Gasteiger partial charge in [0.05, 0.1) is 0 Å². The van der Waals surface area contributed by atoms with E-state index in [1.165, 1.54) is 0 Å². The molecule has 0 aliphatic heterocycles. The molecule has 0 bridgehead atoms. The summed E-state index contributed by atoms with van der Waals surface area (Å²) in [4.78, 5) is 41.9. The predicted molar refractivity (Wildman–Crippen MR) is 134 cm³/mol. The van der Waals surface area contributed by atoms with Crippen LogP contribution in [0.4, 0.5) is 4.79 Å². The van der Waals surface area contributed by atoms with E-state index in [-0.39, 0.29) is 29.7 Å². The van der Waals surface area contributed by atoms with E-state index in [2.05, 4.69) is 24.5 Å². The molecule has 0 saturated heterocycles. The zero-order chi connectivity index (χ0) is 25.6. The molecular formula is C27H43N3O4. The van der Waals surface area contributed by atoms with Gasteiger partial charge in [-0.3, -0.25) is 9.59 Å². The van der Waals surface area contributed by atoms with E-state index in [9.17, 15) is 14.4 Å². The molecule has 1 aromatic rings. The van der Waals surface area contributed by atoms with E-state index in [0.717, 1.165) is 30.4 Å². The van der Waals surface area contributed by atoms with Crippen LogP contribution in [0.5, 0.6) is 0 Å². The van der Waals surface area contributed by atoms with Crippen LogP contribution >= 0.6 is 0 Å². The number of aryl methyl sites for hydroxylation is 1. The number of benzene rings is 1. The van der Waals surface area contributed by atoms with Crippen molar-refractivity contribution < 1.29 is 19.1 Å². The molecule has 0 aromatic heterocycles. The van der Waals surface area contributed by atoms with Gasteiger partial charge >= 0.3 is 6.09 Å². The predicted octanol–water partition coefficient (Wildman–Crippen LogP) is 4.74. The van der Waals surface area contributed by atoms with Gasteiger partial charge in [0.25, 0.3) is 0 Å². The lowest BCUT2D eigenvalue weighted by Crippen LogP contribution is -2.55. The number of amides is 3. The van der Waals surface area contributed by atoms with Crippen molar-refractivity contribution in [3.63, 3.8) is 0 Å². The average molecular weight is 474 g/mol. The second-order valence-electron chi connectivity index (χ2n) is 10.8. The molecule has 3 amide bonds. The van der Waals surface area contributed by atoms with Gasteiger partial charge in [-0.05, 0) is 63.5 Å². The number of nitrogens with zero attached hydrogens (tertiary/aromatic N) is 1. The Kier molecular flexibility index (Phi) is 9.54. The smallest absolute Gasteiger partial charge is 0.408 e. The van der Waals surface area contributed by atoms with E-state index in [1.807, 2.05) is 45.0 Å². The Morgan fingerprint density at radius 3 is 2.29 bits per heavy atom. The fourth-order valence-corrected chi connectivity index (χ4v) is 4.08. The summed E-state index contributed by atoms with van der Waals surface area (Å²) in [6.45, 7) is 15.8. The van der Waals surface area contributed by atoms with Crippen LogP contribution in [0, 0.1) is 18.8 Å². The van der Waals surface area contributed by atoms with Gasteiger partial charge in [0.15, 0.2) is 0 Å². The van der Waals surface area contributed by atoms with Crippen LogP contribution in [-0.2, 0) is 14.3 Å². The number of unbranched alkanes of at least 4 members (excludes halogenated alkanes) is 1. The van der Waals surface area contributed by atoms with Crippen LogP contribution < -0.4 is 10.6 Å². The standard InChI is InChI=1S/C27H43N3O4/c1-9-10-15-28-24(31)23(20-14-12-11-13-18(20)4)30(21-16-19(21)5)25(32)22(17(2)3)29-26(33)34-27(6,7)8/h11-14,17,19,21-23H,9-10,15-16H2,1-8H3,(H,28,31)(H,29,33). The first-order chi connectivity index (χ1) is 15.9. The number of rotatable bonds is 10. The molecule has 1 aromatic carbocycles. The maximum atomic E-state index is 14.0. The first-order valence-electron chi connectivity index (χ1n) is 12.5. The number of alkyl carbamates (subject to hydrolysis) is 1. The molecule has 1 saturated carbocycles. The van der Waals surface area contributed by atoms with Crippen LogP contribution in [0.1, 0.15) is 84.9 Å². The van der Waals surface area contributed by atoms with Crippen LogP contribution in [-0.4, -0.2) is 47.0 Å². The summed E-state index contributed by atoms with van der Waals surface area (Å²) in [5, 5.41) is 5.82. The minimum Gasteiger partial charge on any atom is -0.444 e. The molecule has 1 fully saturated rings. The number of ether oxygens (including phenoxy) is 1. The van der Waals surface area contributed by atoms with Gasteiger partial charge in [0.2, 0.25) is 11.8 Å². The van der Waals surface area contributed by atoms with E-state index in [0.29, 0.717) is 6.54 Å². The molecule has 7 nitrogen and oxygen atoms in total. The number of hydrogen-bond acceptors (Lipinski definition) is 4. The van der Waals surface area contributed by atoms with Crippen molar-refractivity contribution in [3.05, 3.63) is 35.4 Å². The maximum Gasteiger partial charge on any atom is 0.408 e. The Morgan fingerprint density at radius 2 is 1.79 bits per heavy atom. The fourth-order valence-electron chi connectivity index (χ4n) is 4.08. The largest absolute Gasteiger partial charge is 0.444 e. The molecular weight excluding hydrogens is 430 g/mol. The highest BCUT2D eigenvalue weighted by atomic mass is 16.6. The third-order valence-electron chi connectivity index (χ3n) is 6.12. The third kappa shape index (κ3) is 7.47. The summed E-state index contributed by atoms with van der Waals surface area (Å²) in [7, 11) is 0. The molecule has 0 spiro atoms. The van der Waals surface area contributed by atoms with Gasteiger partial charge in [0, 0.05) is 12.6 Å². The number of hydrogen-bond donors (Lipinski definition) is 2. The molecule has 4 atom stereocenters. The highest BCUT2D eigenvalue weighted by Crippen LogP contribution is 2.41. The zero-order valence-corrected chi connectivity index (χ0v) is 22.1. The summed E-state index contributed by atoms with van der Waals surface area (Å²) < 4.78 is 5.42. The normalized spacial score (nSPS) is 19.2. The van der Waals surface area contributed by atoms with Gasteiger partial charge in [-0.25, -0.2) is 4.79 Å². The summed E-state index contributed by atoms with van der Waals surface area (Å²) >= 11 is 0. The summed E-state index contributed by atoms with van der Waals surface area (Å²) in [6, 6.07) is 6.07. The minimum absolute atomic E-state index is 0.0595. The van der Waals surface area contributed by atoms with E-state index in [4.69, 9.17) is 4.74 Å². The van der Waals surface area contributed by atoms with Gasteiger partial charge in [-0.2, -0.15) is 0 Å². The SMILES string of the molecule is CCCCNC(=O)C(c1ccccc1C)N(C(=O)C(NC(=O)OC(C)(C)C)C(C)C)C1CC1C. The molecule has 0 radical (unpaired) electrons. The highest BCUT2D eigenvalue weighted by Gasteiger charge is 2.48. The van der Waals surface area contributed by atoms with E-state index < -0.39 is 23.8 Å². The van der Waals surface area contributed by atoms with Crippen molar-refractivity contribution in [1.29, 1.82) is 0 Å². The Hall–Kier alpha value is -2.57. The van der Waals surface area contributed by atoms with Gasteiger partial charge < -0.3 is 20.3 Å². The summed E-state index contributed by atoms with van der Waals surface area (Å²) in [6.07, 6.45) is 2.03. The molecule has 7 heteroatoms.